The molecule has 3 N–H and O–H groups in total. The maximum Gasteiger partial charge on any atom is 0.229 e. The smallest absolute Gasteiger partial charge is 0.229 e. The Morgan fingerprint density at radius 3 is 2.73 bits per heavy atom. The van der Waals surface area contributed by atoms with Crippen molar-refractivity contribution in [2.45, 2.75) is 32.6 Å². The Kier molecular flexibility index (Phi) is 2.65. The summed E-state index contributed by atoms with van der Waals surface area (Å²) in [4.78, 5) is 15.8. The summed E-state index contributed by atoms with van der Waals surface area (Å²) >= 11 is 1.35. The van der Waals surface area contributed by atoms with E-state index in [-0.39, 0.29) is 11.8 Å². The van der Waals surface area contributed by atoms with E-state index in [1.165, 1.54) is 11.3 Å². The summed E-state index contributed by atoms with van der Waals surface area (Å²) in [7, 11) is 0. The van der Waals surface area contributed by atoms with E-state index in [4.69, 9.17) is 5.73 Å². The molecule has 5 heteroatoms. The van der Waals surface area contributed by atoms with Crippen LogP contribution in [0.1, 0.15) is 38.3 Å². The summed E-state index contributed by atoms with van der Waals surface area (Å²) in [5.41, 5.74) is 6.70. The average molecular weight is 225 g/mol. The molecular formula is C10H15N3OS. The molecule has 4 nitrogen and oxygen atoms in total. The lowest BCUT2D eigenvalue weighted by Gasteiger charge is -2.00. The molecule has 1 aromatic heterocycles. The van der Waals surface area contributed by atoms with Crippen molar-refractivity contribution in [2.75, 3.05) is 11.1 Å². The molecule has 1 aliphatic rings. The third-order valence-electron chi connectivity index (χ3n) is 2.41. The number of nitrogen functional groups attached to an aromatic ring is 1. The molecule has 0 spiro atoms. The minimum atomic E-state index is 0.0825. The molecule has 1 saturated carbocycles. The van der Waals surface area contributed by atoms with Gasteiger partial charge in [0.1, 0.15) is 5.00 Å². The number of hydrogen-bond donors (Lipinski definition) is 2. The van der Waals surface area contributed by atoms with Gasteiger partial charge in [0, 0.05) is 5.92 Å². The average Bonchev–Trinajstić information content (AvgIpc) is 2.91. The van der Waals surface area contributed by atoms with Crippen molar-refractivity contribution in [2.24, 2.45) is 5.92 Å². The summed E-state index contributed by atoms with van der Waals surface area (Å²) in [6, 6.07) is 0. The minimum absolute atomic E-state index is 0.0825. The molecule has 1 amide bonds. The first-order valence-electron chi connectivity index (χ1n) is 5.15. The maximum absolute atomic E-state index is 11.5. The molecule has 1 aliphatic carbocycles. The highest BCUT2D eigenvalue weighted by Crippen LogP contribution is 2.33. The fourth-order valence-corrected chi connectivity index (χ4v) is 2.25. The van der Waals surface area contributed by atoms with E-state index in [2.05, 4.69) is 10.3 Å². The van der Waals surface area contributed by atoms with Crippen LogP contribution in [0.2, 0.25) is 0 Å². The van der Waals surface area contributed by atoms with Gasteiger partial charge in [-0.1, -0.05) is 25.2 Å². The molecule has 0 aliphatic heterocycles. The Morgan fingerprint density at radius 2 is 2.27 bits per heavy atom. The summed E-state index contributed by atoms with van der Waals surface area (Å²) in [5, 5.41) is 4.15. The minimum Gasteiger partial charge on any atom is -0.389 e. The Morgan fingerprint density at radius 1 is 1.60 bits per heavy atom. The van der Waals surface area contributed by atoms with Gasteiger partial charge in [-0.25, -0.2) is 4.98 Å². The number of nitrogens with zero attached hydrogens (tertiary/aromatic N) is 1. The van der Waals surface area contributed by atoms with E-state index >= 15 is 0 Å². The highest BCUT2D eigenvalue weighted by molar-refractivity contribution is 7.19. The quantitative estimate of drug-likeness (QED) is 0.828. The molecule has 2 rings (SSSR count). The second kappa shape index (κ2) is 3.81. The molecule has 0 atom stereocenters. The molecular weight excluding hydrogens is 210 g/mol. The van der Waals surface area contributed by atoms with Crippen LogP contribution in [-0.4, -0.2) is 10.9 Å². The summed E-state index contributed by atoms with van der Waals surface area (Å²) in [5.74, 6) is 0.588. The number of nitrogens with two attached hydrogens (primary N) is 1. The normalized spacial score (nSPS) is 15.7. The standard InChI is InChI=1S/C10H15N3OS/c1-5(2)7-8(11)15-10(12-7)13-9(14)6-3-4-6/h5-6H,3-4,11H2,1-2H3,(H,12,13,14). The number of aromatic nitrogens is 1. The first-order valence-corrected chi connectivity index (χ1v) is 5.96. The summed E-state index contributed by atoms with van der Waals surface area (Å²) in [6.45, 7) is 4.08. The predicted octanol–water partition coefficient (Wildman–Crippen LogP) is 2.20. The van der Waals surface area contributed by atoms with Gasteiger partial charge in [0.2, 0.25) is 5.91 Å². The first-order chi connectivity index (χ1) is 7.08. The van der Waals surface area contributed by atoms with Gasteiger partial charge in [0.05, 0.1) is 5.69 Å². The second-order valence-corrected chi connectivity index (χ2v) is 5.22. The molecule has 0 radical (unpaired) electrons. The fraction of sp³-hybridized carbons (Fsp3) is 0.600. The van der Waals surface area contributed by atoms with E-state index in [1.54, 1.807) is 0 Å². The lowest BCUT2D eigenvalue weighted by atomic mass is 10.1. The maximum atomic E-state index is 11.5. The highest BCUT2D eigenvalue weighted by atomic mass is 32.1. The van der Waals surface area contributed by atoms with Crippen LogP contribution < -0.4 is 11.1 Å². The van der Waals surface area contributed by atoms with Gasteiger partial charge in [0.25, 0.3) is 0 Å². The lowest BCUT2D eigenvalue weighted by molar-refractivity contribution is -0.117. The van der Waals surface area contributed by atoms with Crippen LogP contribution >= 0.6 is 11.3 Å². The largest absolute Gasteiger partial charge is 0.389 e. The molecule has 0 aromatic carbocycles. The number of carbonyl (C=O) groups is 1. The predicted molar refractivity (Wildman–Crippen MR) is 62.0 cm³/mol. The number of nitrogens with one attached hydrogen (secondary N) is 1. The van der Waals surface area contributed by atoms with Crippen LogP contribution in [0.25, 0.3) is 0 Å². The van der Waals surface area contributed by atoms with Gasteiger partial charge in [0.15, 0.2) is 5.13 Å². The number of rotatable bonds is 3. The van der Waals surface area contributed by atoms with Crippen molar-refractivity contribution in [1.29, 1.82) is 0 Å². The number of hydrogen-bond acceptors (Lipinski definition) is 4. The first kappa shape index (κ1) is 10.4. The fourth-order valence-electron chi connectivity index (χ4n) is 1.36. The number of anilines is 2. The SMILES string of the molecule is CC(C)c1nc(NC(=O)C2CC2)sc1N. The summed E-state index contributed by atoms with van der Waals surface area (Å²) in [6.07, 6.45) is 2.01. The molecule has 1 fully saturated rings. The van der Waals surface area contributed by atoms with Crippen molar-refractivity contribution in [3.05, 3.63) is 5.69 Å². The van der Waals surface area contributed by atoms with Crippen molar-refractivity contribution < 1.29 is 4.79 Å². The van der Waals surface area contributed by atoms with E-state index in [1.807, 2.05) is 13.8 Å². The van der Waals surface area contributed by atoms with Crippen molar-refractivity contribution in [3.8, 4) is 0 Å². The van der Waals surface area contributed by atoms with Crippen LogP contribution in [0.15, 0.2) is 0 Å². The zero-order valence-electron chi connectivity index (χ0n) is 8.91. The topological polar surface area (TPSA) is 68.0 Å². The van der Waals surface area contributed by atoms with Gasteiger partial charge in [-0.3, -0.25) is 4.79 Å². The molecule has 15 heavy (non-hydrogen) atoms. The second-order valence-electron chi connectivity index (χ2n) is 4.19. The Labute approximate surface area is 92.9 Å². The third kappa shape index (κ3) is 2.28. The van der Waals surface area contributed by atoms with Crippen molar-refractivity contribution in [1.82, 2.24) is 4.98 Å². The van der Waals surface area contributed by atoms with E-state index < -0.39 is 0 Å². The highest BCUT2D eigenvalue weighted by Gasteiger charge is 2.30. The molecule has 82 valence electrons. The monoisotopic (exact) mass is 225 g/mol. The number of carbonyl (C=O) groups excluding carboxylic acids is 1. The zero-order valence-corrected chi connectivity index (χ0v) is 9.73. The summed E-state index contributed by atoms with van der Waals surface area (Å²) < 4.78 is 0. The van der Waals surface area contributed by atoms with Crippen molar-refractivity contribution in [3.63, 3.8) is 0 Å². The third-order valence-corrected chi connectivity index (χ3v) is 3.22. The molecule has 0 saturated heterocycles. The van der Waals surface area contributed by atoms with E-state index in [9.17, 15) is 4.79 Å². The van der Waals surface area contributed by atoms with Gasteiger partial charge < -0.3 is 11.1 Å². The lowest BCUT2D eigenvalue weighted by Crippen LogP contribution is -2.13. The van der Waals surface area contributed by atoms with Crippen LogP contribution in [0.5, 0.6) is 0 Å². The Balaban J connectivity index is 2.08. The molecule has 1 aromatic rings. The van der Waals surface area contributed by atoms with Crippen molar-refractivity contribution >= 4 is 27.4 Å². The molecule has 0 bridgehead atoms. The van der Waals surface area contributed by atoms with Crippen LogP contribution in [0.4, 0.5) is 10.1 Å². The van der Waals surface area contributed by atoms with Crippen LogP contribution in [-0.2, 0) is 4.79 Å². The Hall–Kier alpha value is -1.10. The number of amides is 1. The number of thiazole rings is 1. The van der Waals surface area contributed by atoms with Crippen LogP contribution in [0.3, 0.4) is 0 Å². The van der Waals surface area contributed by atoms with E-state index in [0.717, 1.165) is 18.5 Å². The molecule has 1 heterocycles. The van der Waals surface area contributed by atoms with Gasteiger partial charge in [-0.2, -0.15) is 0 Å². The molecule has 0 unspecified atom stereocenters. The van der Waals surface area contributed by atoms with Gasteiger partial charge >= 0.3 is 0 Å². The van der Waals surface area contributed by atoms with Gasteiger partial charge in [-0.15, -0.1) is 0 Å². The van der Waals surface area contributed by atoms with Gasteiger partial charge in [-0.05, 0) is 18.8 Å². The van der Waals surface area contributed by atoms with E-state index in [0.29, 0.717) is 16.1 Å². The zero-order chi connectivity index (χ0) is 11.0. The van der Waals surface area contributed by atoms with Crippen LogP contribution in [0, 0.1) is 5.92 Å². The Bertz CT molecular complexity index is 382.